The van der Waals surface area contributed by atoms with E-state index < -0.39 is 48.3 Å². The molecule has 0 aliphatic carbocycles. The molecule has 0 bridgehead atoms. The number of amides is 3. The first-order chi connectivity index (χ1) is 12.9. The number of nitrogens with one attached hydrogen (secondary N) is 2. The lowest BCUT2D eigenvalue weighted by Crippen LogP contribution is -2.53. The van der Waals surface area contributed by atoms with E-state index in [1.54, 1.807) is 0 Å². The zero-order valence-corrected chi connectivity index (χ0v) is 17.4. The first kappa shape index (κ1) is 21.0. The highest BCUT2D eigenvalue weighted by atomic mass is 35.5. The molecule has 0 spiro atoms. The van der Waals surface area contributed by atoms with Crippen molar-refractivity contribution in [3.8, 4) is 0 Å². The van der Waals surface area contributed by atoms with Crippen molar-refractivity contribution in [1.29, 1.82) is 0 Å². The molecule has 154 valence electrons. The summed E-state index contributed by atoms with van der Waals surface area (Å²) in [4.78, 5) is 23.3. The fraction of sp³-hybridized carbons (Fsp3) is 0.500. The summed E-state index contributed by atoms with van der Waals surface area (Å²) < 4.78 is 52.1. The standard InChI is InChI=1S/C16H20ClN3O6S2/c1-16(14(21)18-15(22)19-16)10-27(23,24)20-8-6-13(7-9-20)28(25,26)12-4-2-11(17)3-5-12/h2-5,13H,6-10H2,1H3,(H2,18,19,21,22)/t16-/m1/s1. The Bertz CT molecular complexity index is 1000. The number of carbonyl (C=O) groups is 2. The molecule has 0 aromatic heterocycles. The van der Waals surface area contributed by atoms with E-state index >= 15 is 0 Å². The number of carbonyl (C=O) groups excluding carboxylic acids is 2. The third kappa shape index (κ3) is 4.02. The van der Waals surface area contributed by atoms with Crippen LogP contribution in [0.4, 0.5) is 4.79 Å². The predicted octanol–water partition coefficient (Wildman–Crippen LogP) is 0.506. The number of rotatable bonds is 5. The molecule has 2 heterocycles. The quantitative estimate of drug-likeness (QED) is 0.630. The third-order valence-corrected chi connectivity index (χ3v) is 9.59. The first-order valence-corrected chi connectivity index (χ1v) is 12.1. The Morgan fingerprint density at radius 1 is 1.11 bits per heavy atom. The Kier molecular flexibility index (Phi) is 5.47. The highest BCUT2D eigenvalue weighted by Crippen LogP contribution is 2.27. The topological polar surface area (TPSA) is 130 Å². The van der Waals surface area contributed by atoms with E-state index in [1.807, 2.05) is 5.32 Å². The summed E-state index contributed by atoms with van der Waals surface area (Å²) in [5.41, 5.74) is -1.55. The van der Waals surface area contributed by atoms with Crippen molar-refractivity contribution < 1.29 is 26.4 Å². The smallest absolute Gasteiger partial charge is 0.322 e. The van der Waals surface area contributed by atoms with Crippen LogP contribution >= 0.6 is 11.6 Å². The Hall–Kier alpha value is -1.69. The Morgan fingerprint density at radius 3 is 2.18 bits per heavy atom. The number of sulfone groups is 1. The lowest BCUT2D eigenvalue weighted by Gasteiger charge is -2.33. The SMILES string of the molecule is C[C@]1(CS(=O)(=O)N2CCC(S(=O)(=O)c3ccc(Cl)cc3)CC2)NC(=O)NC1=O. The average Bonchev–Trinajstić information content (AvgIpc) is 2.86. The number of halogens is 1. The maximum atomic E-state index is 12.8. The molecular weight excluding hydrogens is 430 g/mol. The van der Waals surface area contributed by atoms with E-state index in [0.29, 0.717) is 5.02 Å². The number of urea groups is 1. The van der Waals surface area contributed by atoms with Crippen LogP contribution in [-0.4, -0.2) is 62.7 Å². The van der Waals surface area contributed by atoms with Gasteiger partial charge in [0, 0.05) is 18.1 Å². The highest BCUT2D eigenvalue weighted by Gasteiger charge is 2.47. The third-order valence-electron chi connectivity index (χ3n) is 4.96. The van der Waals surface area contributed by atoms with Crippen molar-refractivity contribution in [1.82, 2.24) is 14.9 Å². The molecule has 2 fully saturated rings. The maximum absolute atomic E-state index is 12.8. The van der Waals surface area contributed by atoms with E-state index in [-0.39, 0.29) is 30.8 Å². The molecule has 2 aliphatic heterocycles. The summed E-state index contributed by atoms with van der Waals surface area (Å²) in [6.07, 6.45) is 0.277. The van der Waals surface area contributed by atoms with Crippen molar-refractivity contribution in [2.75, 3.05) is 18.8 Å². The molecule has 0 saturated carbocycles. The van der Waals surface area contributed by atoms with Gasteiger partial charge >= 0.3 is 6.03 Å². The Labute approximate surface area is 168 Å². The molecule has 2 saturated heterocycles. The number of hydrogen-bond donors (Lipinski definition) is 2. The minimum absolute atomic E-state index is 0.0193. The zero-order valence-electron chi connectivity index (χ0n) is 15.0. The summed E-state index contributed by atoms with van der Waals surface area (Å²) in [7, 11) is -7.47. The van der Waals surface area contributed by atoms with Gasteiger partial charge in [0.05, 0.1) is 15.9 Å². The van der Waals surface area contributed by atoms with Gasteiger partial charge in [-0.1, -0.05) is 11.6 Å². The summed E-state index contributed by atoms with van der Waals surface area (Å²) >= 11 is 5.79. The number of sulfonamides is 1. The molecule has 1 aromatic carbocycles. The van der Waals surface area contributed by atoms with Gasteiger partial charge in [-0.15, -0.1) is 0 Å². The van der Waals surface area contributed by atoms with Gasteiger partial charge in [-0.2, -0.15) is 0 Å². The minimum atomic E-state index is -3.88. The second-order valence-corrected chi connectivity index (χ2v) is 11.7. The van der Waals surface area contributed by atoms with Gasteiger partial charge in [0.15, 0.2) is 9.84 Å². The van der Waals surface area contributed by atoms with Crippen molar-refractivity contribution in [3.63, 3.8) is 0 Å². The largest absolute Gasteiger partial charge is 0.322 e. The maximum Gasteiger partial charge on any atom is 0.322 e. The van der Waals surface area contributed by atoms with E-state index in [1.165, 1.54) is 35.5 Å². The van der Waals surface area contributed by atoms with Gasteiger partial charge in [0.25, 0.3) is 5.91 Å². The van der Waals surface area contributed by atoms with Crippen LogP contribution in [-0.2, 0) is 24.7 Å². The van der Waals surface area contributed by atoms with Crippen molar-refractivity contribution in [2.24, 2.45) is 0 Å². The lowest BCUT2D eigenvalue weighted by molar-refractivity contribution is -0.122. The molecule has 1 aromatic rings. The highest BCUT2D eigenvalue weighted by molar-refractivity contribution is 7.92. The molecule has 2 aliphatic rings. The van der Waals surface area contributed by atoms with Crippen LogP contribution in [0.25, 0.3) is 0 Å². The molecule has 9 nitrogen and oxygen atoms in total. The Balaban J connectivity index is 1.68. The number of benzene rings is 1. The van der Waals surface area contributed by atoms with Crippen LogP contribution in [0.1, 0.15) is 19.8 Å². The van der Waals surface area contributed by atoms with E-state index in [9.17, 15) is 26.4 Å². The van der Waals surface area contributed by atoms with Crippen LogP contribution in [0.5, 0.6) is 0 Å². The summed E-state index contributed by atoms with van der Waals surface area (Å²) in [5.74, 6) is -1.30. The van der Waals surface area contributed by atoms with Crippen molar-refractivity contribution in [3.05, 3.63) is 29.3 Å². The number of imide groups is 1. The van der Waals surface area contributed by atoms with Crippen LogP contribution in [0.3, 0.4) is 0 Å². The van der Waals surface area contributed by atoms with Gasteiger partial charge in [0.1, 0.15) is 5.54 Å². The van der Waals surface area contributed by atoms with Crippen LogP contribution in [0, 0.1) is 0 Å². The van der Waals surface area contributed by atoms with Crippen LogP contribution in [0.2, 0.25) is 5.02 Å². The molecule has 0 unspecified atom stereocenters. The number of nitrogens with zero attached hydrogens (tertiary/aromatic N) is 1. The van der Waals surface area contributed by atoms with Gasteiger partial charge in [-0.25, -0.2) is 25.9 Å². The molecule has 3 rings (SSSR count). The molecule has 2 N–H and O–H groups in total. The molecule has 28 heavy (non-hydrogen) atoms. The summed E-state index contributed by atoms with van der Waals surface area (Å²) in [6, 6.07) is 5.12. The lowest BCUT2D eigenvalue weighted by atomic mass is 10.1. The van der Waals surface area contributed by atoms with Gasteiger partial charge < -0.3 is 5.32 Å². The van der Waals surface area contributed by atoms with E-state index in [2.05, 4.69) is 5.32 Å². The molecule has 12 heteroatoms. The van der Waals surface area contributed by atoms with Crippen LogP contribution < -0.4 is 10.6 Å². The van der Waals surface area contributed by atoms with Gasteiger partial charge in [-0.05, 0) is 44.0 Å². The average molecular weight is 450 g/mol. The minimum Gasteiger partial charge on any atom is -0.322 e. The number of hydrogen-bond acceptors (Lipinski definition) is 6. The van der Waals surface area contributed by atoms with Crippen LogP contribution in [0.15, 0.2) is 29.2 Å². The van der Waals surface area contributed by atoms with Gasteiger partial charge in [0.2, 0.25) is 10.0 Å². The first-order valence-electron chi connectivity index (χ1n) is 8.55. The van der Waals surface area contributed by atoms with Crippen molar-refractivity contribution in [2.45, 2.75) is 35.4 Å². The number of piperidine rings is 1. The van der Waals surface area contributed by atoms with E-state index in [4.69, 9.17) is 11.6 Å². The molecule has 1 atom stereocenters. The van der Waals surface area contributed by atoms with Crippen molar-refractivity contribution >= 4 is 43.4 Å². The summed E-state index contributed by atoms with van der Waals surface area (Å²) in [5, 5.41) is 4.07. The summed E-state index contributed by atoms with van der Waals surface area (Å²) in [6.45, 7) is 1.37. The predicted molar refractivity (Wildman–Crippen MR) is 102 cm³/mol. The molecule has 0 radical (unpaired) electrons. The zero-order chi connectivity index (χ0) is 20.7. The second-order valence-electron chi connectivity index (χ2n) is 7.09. The monoisotopic (exact) mass is 449 g/mol. The Morgan fingerprint density at radius 2 is 1.68 bits per heavy atom. The fourth-order valence-electron chi connectivity index (χ4n) is 3.37. The second kappa shape index (κ2) is 7.29. The fourth-order valence-corrected chi connectivity index (χ4v) is 7.12. The normalized spacial score (nSPS) is 24.8. The van der Waals surface area contributed by atoms with E-state index in [0.717, 1.165) is 0 Å². The molecular formula is C16H20ClN3O6S2. The molecule has 3 amide bonds. The van der Waals surface area contributed by atoms with Gasteiger partial charge in [-0.3, -0.25) is 10.1 Å².